The van der Waals surface area contributed by atoms with Crippen LogP contribution in [0.5, 0.6) is 0 Å². The molecule has 5 rings (SSSR count). The largest absolute Gasteiger partial charge is 0.376 e. The summed E-state index contributed by atoms with van der Waals surface area (Å²) in [7, 11) is 0. The summed E-state index contributed by atoms with van der Waals surface area (Å²) < 4.78 is 7.88. The first kappa shape index (κ1) is 25.1. The predicted octanol–water partition coefficient (Wildman–Crippen LogP) is 4.97. The van der Waals surface area contributed by atoms with Gasteiger partial charge in [-0.15, -0.1) is 11.8 Å². The van der Waals surface area contributed by atoms with E-state index in [0.29, 0.717) is 26.1 Å². The first-order valence-corrected chi connectivity index (χ1v) is 14.4. The van der Waals surface area contributed by atoms with Crippen LogP contribution < -0.4 is 4.90 Å². The number of nitrogens with zero attached hydrogens (tertiary/aromatic N) is 5. The number of fused-ring (bicyclic) bond motifs is 1. The molecular weight excluding hydrogens is 470 g/mol. The smallest absolute Gasteiger partial charge is 0.224 e. The number of anilines is 1. The van der Waals surface area contributed by atoms with Crippen LogP contribution in [0.4, 0.5) is 5.82 Å². The van der Waals surface area contributed by atoms with E-state index in [-0.39, 0.29) is 12.0 Å². The van der Waals surface area contributed by atoms with Gasteiger partial charge in [0.2, 0.25) is 5.91 Å². The van der Waals surface area contributed by atoms with Crippen molar-refractivity contribution in [3.8, 4) is 0 Å². The third kappa shape index (κ3) is 5.70. The molecule has 0 N–H and O–H groups in total. The van der Waals surface area contributed by atoms with Crippen molar-refractivity contribution < 1.29 is 9.53 Å². The lowest BCUT2D eigenvalue weighted by molar-refractivity contribution is -0.133. The molecule has 1 aromatic carbocycles. The van der Waals surface area contributed by atoms with Gasteiger partial charge in [0, 0.05) is 67.3 Å². The van der Waals surface area contributed by atoms with E-state index < -0.39 is 0 Å². The van der Waals surface area contributed by atoms with E-state index in [0.717, 1.165) is 66.2 Å². The Labute approximate surface area is 218 Å². The van der Waals surface area contributed by atoms with Crippen molar-refractivity contribution >= 4 is 34.4 Å². The fraction of sp³-hybridized carbons (Fsp3) is 0.536. The number of pyridine rings is 1. The zero-order chi connectivity index (χ0) is 25.1. The number of aryl methyl sites for hydroxylation is 3. The van der Waals surface area contributed by atoms with Crippen LogP contribution >= 0.6 is 11.8 Å². The number of thioether (sulfide) groups is 1. The topological polar surface area (TPSA) is 63.5 Å². The number of carbonyl (C=O) groups is 1. The van der Waals surface area contributed by atoms with Crippen molar-refractivity contribution in [1.82, 2.24) is 19.7 Å². The SMILES string of the molecule is CSc1ccc2cc(CN(CC3CCCO3)C(=O)CCn3nc(C)cc3C)c(N3CCCC3)nc2c1. The maximum Gasteiger partial charge on any atom is 0.224 e. The van der Waals surface area contributed by atoms with Gasteiger partial charge in [0.05, 0.1) is 17.3 Å². The number of carbonyl (C=O) groups excluding carboxylic acids is 1. The number of rotatable bonds is 9. The third-order valence-corrected chi connectivity index (χ3v) is 8.01. The Morgan fingerprint density at radius 3 is 2.69 bits per heavy atom. The minimum absolute atomic E-state index is 0.107. The second-order valence-electron chi connectivity index (χ2n) is 10.0. The highest BCUT2D eigenvalue weighted by Gasteiger charge is 2.26. The molecular formula is C28H37N5O2S. The summed E-state index contributed by atoms with van der Waals surface area (Å²) >= 11 is 1.74. The Kier molecular flexibility index (Phi) is 7.82. The molecule has 1 atom stereocenters. The highest BCUT2D eigenvalue weighted by atomic mass is 32.2. The van der Waals surface area contributed by atoms with Crippen LogP contribution in [-0.4, -0.2) is 64.2 Å². The van der Waals surface area contributed by atoms with Crippen LogP contribution in [0.15, 0.2) is 35.2 Å². The average Bonchev–Trinajstić information content (AvgIpc) is 3.64. The molecule has 8 heteroatoms. The fourth-order valence-electron chi connectivity index (χ4n) is 5.38. The highest BCUT2D eigenvalue weighted by molar-refractivity contribution is 7.98. The van der Waals surface area contributed by atoms with Crippen molar-refractivity contribution in [2.45, 2.75) is 70.0 Å². The normalized spacial score (nSPS) is 17.9. The van der Waals surface area contributed by atoms with E-state index in [1.807, 2.05) is 23.4 Å². The lowest BCUT2D eigenvalue weighted by Crippen LogP contribution is -2.38. The van der Waals surface area contributed by atoms with Crippen LogP contribution in [-0.2, 0) is 22.6 Å². The number of benzene rings is 1. The zero-order valence-corrected chi connectivity index (χ0v) is 22.5. The number of ether oxygens (including phenoxy) is 1. The van der Waals surface area contributed by atoms with Crippen LogP contribution in [0.3, 0.4) is 0 Å². The van der Waals surface area contributed by atoms with Crippen molar-refractivity contribution in [3.05, 3.63) is 47.3 Å². The Morgan fingerprint density at radius 2 is 2.00 bits per heavy atom. The quantitative estimate of drug-likeness (QED) is 0.381. The molecule has 36 heavy (non-hydrogen) atoms. The maximum absolute atomic E-state index is 13.6. The molecule has 0 aliphatic carbocycles. The molecule has 2 aliphatic rings. The molecule has 1 unspecified atom stereocenters. The summed E-state index contributed by atoms with van der Waals surface area (Å²) in [5.41, 5.74) is 4.22. The van der Waals surface area contributed by atoms with E-state index >= 15 is 0 Å². The van der Waals surface area contributed by atoms with Gasteiger partial charge < -0.3 is 14.5 Å². The molecule has 0 spiro atoms. The highest BCUT2D eigenvalue weighted by Crippen LogP contribution is 2.30. The summed E-state index contributed by atoms with van der Waals surface area (Å²) in [6, 6.07) is 10.8. The van der Waals surface area contributed by atoms with Gasteiger partial charge >= 0.3 is 0 Å². The van der Waals surface area contributed by atoms with Crippen molar-refractivity contribution in [1.29, 1.82) is 0 Å². The number of amides is 1. The van der Waals surface area contributed by atoms with Crippen LogP contribution in [0, 0.1) is 13.8 Å². The van der Waals surface area contributed by atoms with Gasteiger partial charge in [0.25, 0.3) is 0 Å². The van der Waals surface area contributed by atoms with Crippen LogP contribution in [0.1, 0.15) is 49.1 Å². The zero-order valence-electron chi connectivity index (χ0n) is 21.7. The first-order valence-electron chi connectivity index (χ1n) is 13.1. The summed E-state index contributed by atoms with van der Waals surface area (Å²) in [5.74, 6) is 1.17. The number of aromatic nitrogens is 3. The van der Waals surface area contributed by atoms with Crippen molar-refractivity contribution in [2.24, 2.45) is 0 Å². The number of hydrogen-bond donors (Lipinski definition) is 0. The minimum atomic E-state index is 0.107. The first-order chi connectivity index (χ1) is 17.5. The molecule has 3 aromatic rings. The summed E-state index contributed by atoms with van der Waals surface area (Å²) in [6.07, 6.45) is 7.07. The van der Waals surface area contributed by atoms with Gasteiger partial charge in [0.1, 0.15) is 5.82 Å². The second-order valence-corrected chi connectivity index (χ2v) is 10.9. The Bertz CT molecular complexity index is 1210. The standard InChI is InChI=1S/C28H37N5O2S/c1-20-15-21(2)33(30-20)13-10-27(34)32(19-24-7-6-14-35-24)18-23-16-22-8-9-25(36-3)17-26(22)29-28(23)31-11-4-5-12-31/h8-9,15-17,24H,4-7,10-14,18-19H2,1-3H3. The van der Waals surface area contributed by atoms with Gasteiger partial charge in [-0.05, 0) is 70.1 Å². The molecule has 2 saturated heterocycles. The molecule has 0 radical (unpaired) electrons. The van der Waals surface area contributed by atoms with E-state index in [1.54, 1.807) is 11.8 Å². The minimum Gasteiger partial charge on any atom is -0.376 e. The number of hydrogen-bond acceptors (Lipinski definition) is 6. The van der Waals surface area contributed by atoms with Crippen LogP contribution in [0.2, 0.25) is 0 Å². The summed E-state index contributed by atoms with van der Waals surface area (Å²) in [5, 5.41) is 5.67. The van der Waals surface area contributed by atoms with Crippen LogP contribution in [0.25, 0.3) is 10.9 Å². The van der Waals surface area contributed by atoms with E-state index in [2.05, 4.69) is 46.6 Å². The second kappa shape index (κ2) is 11.2. The Balaban J connectivity index is 1.43. The lowest BCUT2D eigenvalue weighted by atomic mass is 10.1. The Morgan fingerprint density at radius 1 is 1.17 bits per heavy atom. The fourth-order valence-corrected chi connectivity index (χ4v) is 5.82. The van der Waals surface area contributed by atoms with Crippen molar-refractivity contribution in [2.75, 3.05) is 37.4 Å². The molecule has 0 bridgehead atoms. The van der Waals surface area contributed by atoms with Crippen molar-refractivity contribution in [3.63, 3.8) is 0 Å². The third-order valence-electron chi connectivity index (χ3n) is 7.29. The molecule has 2 aliphatic heterocycles. The molecule has 7 nitrogen and oxygen atoms in total. The molecule has 192 valence electrons. The van der Waals surface area contributed by atoms with E-state index in [4.69, 9.17) is 9.72 Å². The monoisotopic (exact) mass is 507 g/mol. The molecule has 0 saturated carbocycles. The Hall–Kier alpha value is -2.58. The molecule has 1 amide bonds. The van der Waals surface area contributed by atoms with Gasteiger partial charge in [-0.1, -0.05) is 6.07 Å². The molecule has 4 heterocycles. The molecule has 2 aromatic heterocycles. The van der Waals surface area contributed by atoms with Gasteiger partial charge in [-0.2, -0.15) is 5.10 Å². The van der Waals surface area contributed by atoms with Gasteiger partial charge in [-0.25, -0.2) is 4.98 Å². The van der Waals surface area contributed by atoms with E-state index in [1.165, 1.54) is 17.7 Å². The summed E-state index contributed by atoms with van der Waals surface area (Å²) in [6.45, 7) is 8.62. The van der Waals surface area contributed by atoms with Gasteiger partial charge in [0.15, 0.2) is 0 Å². The van der Waals surface area contributed by atoms with E-state index in [9.17, 15) is 4.79 Å². The average molecular weight is 508 g/mol. The molecule has 2 fully saturated rings. The summed E-state index contributed by atoms with van der Waals surface area (Å²) in [4.78, 5) is 24.4. The predicted molar refractivity (Wildman–Crippen MR) is 146 cm³/mol. The lowest BCUT2D eigenvalue weighted by Gasteiger charge is -2.28. The van der Waals surface area contributed by atoms with Gasteiger partial charge in [-0.3, -0.25) is 9.48 Å². The maximum atomic E-state index is 13.6.